The highest BCUT2D eigenvalue weighted by Gasteiger charge is 2.20. The lowest BCUT2D eigenvalue weighted by Crippen LogP contribution is -2.51. The molecule has 1 saturated heterocycles. The monoisotopic (exact) mass is 305 g/mol. The second kappa shape index (κ2) is 6.89. The van der Waals surface area contributed by atoms with E-state index < -0.39 is 0 Å². The molecule has 114 valence electrons. The number of hydrogen-bond acceptors (Lipinski definition) is 2. The molecule has 1 N–H and O–H groups in total. The zero-order chi connectivity index (χ0) is 15.4. The third-order valence-electron chi connectivity index (χ3n) is 3.84. The summed E-state index contributed by atoms with van der Waals surface area (Å²) in [6.07, 6.45) is 0. The minimum atomic E-state index is 0.138. The van der Waals surface area contributed by atoms with E-state index in [0.717, 1.165) is 37.0 Å². The van der Waals surface area contributed by atoms with Gasteiger partial charge in [0.25, 0.3) is 0 Å². The van der Waals surface area contributed by atoms with Crippen LogP contribution in [-0.2, 0) is 4.79 Å². The first-order valence-electron chi connectivity index (χ1n) is 7.39. The summed E-state index contributed by atoms with van der Waals surface area (Å²) in [4.78, 5) is 15.3. The average molecular weight is 305 g/mol. The molecular weight excluding hydrogens is 282 g/mol. The standard InChI is InChI=1S/C16H23N3OS/c1-12(2)14-6-4-5-7-15(14)17-16(21)19-10-8-18(9-11-19)13(3)20/h4-7,12H,8-11H2,1-3H3,(H,17,21). The van der Waals surface area contributed by atoms with Gasteiger partial charge in [0.05, 0.1) is 0 Å². The molecule has 1 aliphatic heterocycles. The van der Waals surface area contributed by atoms with Crippen LogP contribution in [0.25, 0.3) is 0 Å². The van der Waals surface area contributed by atoms with Crippen LogP contribution in [0.2, 0.25) is 0 Å². The van der Waals surface area contributed by atoms with E-state index >= 15 is 0 Å². The van der Waals surface area contributed by atoms with Crippen LogP contribution >= 0.6 is 12.2 Å². The van der Waals surface area contributed by atoms with Gasteiger partial charge in [-0.1, -0.05) is 32.0 Å². The summed E-state index contributed by atoms with van der Waals surface area (Å²) in [5.41, 5.74) is 2.34. The van der Waals surface area contributed by atoms with Crippen LogP contribution in [0.1, 0.15) is 32.3 Å². The fraction of sp³-hybridized carbons (Fsp3) is 0.500. The average Bonchev–Trinajstić information content (AvgIpc) is 2.47. The number of benzene rings is 1. The van der Waals surface area contributed by atoms with E-state index in [9.17, 15) is 4.79 Å². The van der Waals surface area contributed by atoms with Crippen LogP contribution in [0, 0.1) is 0 Å². The molecule has 21 heavy (non-hydrogen) atoms. The first-order valence-corrected chi connectivity index (χ1v) is 7.80. The minimum Gasteiger partial charge on any atom is -0.345 e. The van der Waals surface area contributed by atoms with Gasteiger partial charge in [-0.25, -0.2) is 0 Å². The number of amides is 1. The maximum absolute atomic E-state index is 11.3. The topological polar surface area (TPSA) is 35.6 Å². The molecule has 0 atom stereocenters. The summed E-state index contributed by atoms with van der Waals surface area (Å²) >= 11 is 5.52. The van der Waals surface area contributed by atoms with E-state index in [1.807, 2.05) is 11.0 Å². The van der Waals surface area contributed by atoms with Crippen LogP contribution < -0.4 is 5.32 Å². The van der Waals surface area contributed by atoms with Gasteiger partial charge in [-0.2, -0.15) is 0 Å². The lowest BCUT2D eigenvalue weighted by atomic mass is 10.0. The van der Waals surface area contributed by atoms with Crippen LogP contribution in [0.3, 0.4) is 0 Å². The summed E-state index contributed by atoms with van der Waals surface area (Å²) in [6, 6.07) is 8.26. The van der Waals surface area contributed by atoms with Gasteiger partial charge in [0.1, 0.15) is 0 Å². The van der Waals surface area contributed by atoms with Crippen molar-refractivity contribution in [2.45, 2.75) is 26.7 Å². The number of rotatable bonds is 2. The normalized spacial score (nSPS) is 15.2. The Balaban J connectivity index is 1.98. The van der Waals surface area contributed by atoms with E-state index in [0.29, 0.717) is 5.92 Å². The zero-order valence-electron chi connectivity index (χ0n) is 12.9. The van der Waals surface area contributed by atoms with Gasteiger partial charge in [0.15, 0.2) is 5.11 Å². The van der Waals surface area contributed by atoms with Crippen molar-refractivity contribution in [3.05, 3.63) is 29.8 Å². The van der Waals surface area contributed by atoms with Gasteiger partial charge in [0.2, 0.25) is 5.91 Å². The minimum absolute atomic E-state index is 0.138. The quantitative estimate of drug-likeness (QED) is 0.852. The van der Waals surface area contributed by atoms with Gasteiger partial charge in [-0.05, 0) is 29.8 Å². The van der Waals surface area contributed by atoms with Gasteiger partial charge < -0.3 is 15.1 Å². The lowest BCUT2D eigenvalue weighted by Gasteiger charge is -2.36. The molecule has 0 aliphatic carbocycles. The van der Waals surface area contributed by atoms with Crippen molar-refractivity contribution in [3.63, 3.8) is 0 Å². The molecule has 1 fully saturated rings. The lowest BCUT2D eigenvalue weighted by molar-refractivity contribution is -0.130. The highest BCUT2D eigenvalue weighted by atomic mass is 32.1. The summed E-state index contributed by atoms with van der Waals surface area (Å²) in [7, 11) is 0. The molecule has 0 aromatic heterocycles. The van der Waals surface area contributed by atoms with E-state index in [4.69, 9.17) is 12.2 Å². The second-order valence-electron chi connectivity index (χ2n) is 5.67. The predicted octanol–water partition coefficient (Wildman–Crippen LogP) is 2.67. The molecular formula is C16H23N3OS. The molecule has 1 amide bonds. The molecule has 1 heterocycles. The van der Waals surface area contributed by atoms with Crippen molar-refractivity contribution >= 4 is 28.9 Å². The number of hydrogen-bond donors (Lipinski definition) is 1. The van der Waals surface area contributed by atoms with Gasteiger partial charge >= 0.3 is 0 Å². The number of nitrogens with zero attached hydrogens (tertiary/aromatic N) is 2. The van der Waals surface area contributed by atoms with Crippen molar-refractivity contribution in [1.82, 2.24) is 9.80 Å². The van der Waals surface area contributed by atoms with E-state index in [1.165, 1.54) is 5.56 Å². The molecule has 4 nitrogen and oxygen atoms in total. The molecule has 0 saturated carbocycles. The third-order valence-corrected chi connectivity index (χ3v) is 4.20. The summed E-state index contributed by atoms with van der Waals surface area (Å²) in [5.74, 6) is 0.588. The fourth-order valence-corrected chi connectivity index (χ4v) is 2.83. The Hall–Kier alpha value is -1.62. The van der Waals surface area contributed by atoms with Crippen LogP contribution in [0.15, 0.2) is 24.3 Å². The van der Waals surface area contributed by atoms with Crippen LogP contribution in [0.5, 0.6) is 0 Å². The first kappa shape index (κ1) is 15.8. The Morgan fingerprint density at radius 2 is 1.71 bits per heavy atom. The van der Waals surface area contributed by atoms with Crippen LogP contribution in [0.4, 0.5) is 5.69 Å². The Kier molecular flexibility index (Phi) is 5.17. The summed E-state index contributed by atoms with van der Waals surface area (Å²) in [5, 5.41) is 4.10. The number of carbonyl (C=O) groups excluding carboxylic acids is 1. The van der Waals surface area contributed by atoms with Crippen LogP contribution in [-0.4, -0.2) is 47.0 Å². The van der Waals surface area contributed by atoms with Gasteiger partial charge in [0, 0.05) is 38.8 Å². The second-order valence-corrected chi connectivity index (χ2v) is 6.05. The van der Waals surface area contributed by atoms with Gasteiger partial charge in [-0.15, -0.1) is 0 Å². The number of thiocarbonyl (C=S) groups is 1. The van der Waals surface area contributed by atoms with E-state index in [1.54, 1.807) is 6.92 Å². The predicted molar refractivity (Wildman–Crippen MR) is 90.6 cm³/mol. The Morgan fingerprint density at radius 3 is 2.29 bits per heavy atom. The van der Waals surface area contributed by atoms with Crippen molar-refractivity contribution in [2.24, 2.45) is 0 Å². The van der Waals surface area contributed by atoms with Gasteiger partial charge in [-0.3, -0.25) is 4.79 Å². The number of nitrogens with one attached hydrogen (secondary N) is 1. The fourth-order valence-electron chi connectivity index (χ4n) is 2.53. The van der Waals surface area contributed by atoms with E-state index in [-0.39, 0.29) is 5.91 Å². The first-order chi connectivity index (χ1) is 9.99. The SMILES string of the molecule is CC(=O)N1CCN(C(=S)Nc2ccccc2C(C)C)CC1. The number of anilines is 1. The zero-order valence-corrected chi connectivity index (χ0v) is 13.7. The number of piperazine rings is 1. The summed E-state index contributed by atoms with van der Waals surface area (Å²) in [6.45, 7) is 9.02. The molecule has 2 rings (SSSR count). The smallest absolute Gasteiger partial charge is 0.219 e. The molecule has 1 aromatic carbocycles. The van der Waals surface area contributed by atoms with Crippen molar-refractivity contribution in [1.29, 1.82) is 0 Å². The highest BCUT2D eigenvalue weighted by Crippen LogP contribution is 2.24. The largest absolute Gasteiger partial charge is 0.345 e. The Labute approximate surface area is 132 Å². The molecule has 1 aromatic rings. The third kappa shape index (κ3) is 3.94. The molecule has 0 unspecified atom stereocenters. The van der Waals surface area contributed by atoms with E-state index in [2.05, 4.69) is 42.3 Å². The highest BCUT2D eigenvalue weighted by molar-refractivity contribution is 7.80. The summed E-state index contributed by atoms with van der Waals surface area (Å²) < 4.78 is 0. The Morgan fingerprint density at radius 1 is 1.14 bits per heavy atom. The maximum Gasteiger partial charge on any atom is 0.219 e. The van der Waals surface area contributed by atoms with Crippen molar-refractivity contribution in [3.8, 4) is 0 Å². The molecule has 0 bridgehead atoms. The maximum atomic E-state index is 11.3. The molecule has 1 aliphatic rings. The number of para-hydroxylation sites is 1. The molecule has 0 spiro atoms. The molecule has 5 heteroatoms. The molecule has 0 radical (unpaired) electrons. The number of carbonyl (C=O) groups is 1. The van der Waals surface area contributed by atoms with Crippen molar-refractivity contribution in [2.75, 3.05) is 31.5 Å². The van der Waals surface area contributed by atoms with Crippen molar-refractivity contribution < 1.29 is 4.79 Å². The Bertz CT molecular complexity index is 522.